The Bertz CT molecular complexity index is 228. The van der Waals surface area contributed by atoms with Gasteiger partial charge in [0.25, 0.3) is 5.90 Å². The molecule has 0 saturated heterocycles. The minimum Gasteiger partial charge on any atom is -0.378 e. The number of nitrogens with zero attached hydrogens (tertiary/aromatic N) is 1. The fraction of sp³-hybridized carbons (Fsp3) is 0.667. The summed E-state index contributed by atoms with van der Waals surface area (Å²) in [4.78, 5) is 13.7. The topological polar surface area (TPSA) is 42.9 Å². The number of rotatable bonds is 1. The molecule has 0 aliphatic carbocycles. The maximum Gasteiger partial charge on any atom is 0.255 e. The van der Waals surface area contributed by atoms with Crippen LogP contribution in [0, 0.1) is 5.41 Å². The minimum atomic E-state index is 0.0438. The van der Waals surface area contributed by atoms with Gasteiger partial charge in [0, 0.05) is 12.4 Å². The van der Waals surface area contributed by atoms with Gasteiger partial charge < -0.3 is 10.2 Å². The van der Waals surface area contributed by atoms with Crippen molar-refractivity contribution in [3.63, 3.8) is 0 Å². The molecule has 1 heterocycles. The third-order valence-corrected chi connectivity index (χ3v) is 1.82. The summed E-state index contributed by atoms with van der Waals surface area (Å²) in [6.45, 7) is 6.33. The molecular weight excluding hydrogens is 168 g/mol. The van der Waals surface area contributed by atoms with Crippen molar-refractivity contribution in [1.82, 2.24) is 5.32 Å². The Labute approximate surface area is 78.6 Å². The lowest BCUT2D eigenvalue weighted by Crippen LogP contribution is -2.46. The van der Waals surface area contributed by atoms with Gasteiger partial charge in [0.15, 0.2) is 0 Å². The molecule has 1 rings (SSSR count). The van der Waals surface area contributed by atoms with E-state index < -0.39 is 0 Å². The molecule has 0 fully saturated rings. The van der Waals surface area contributed by atoms with Gasteiger partial charge in [0.2, 0.25) is 0 Å². The average Bonchev–Trinajstić information content (AvgIpc) is 2.04. The van der Waals surface area contributed by atoms with Gasteiger partial charge >= 0.3 is 0 Å². The van der Waals surface area contributed by atoms with Gasteiger partial charge in [-0.05, 0) is 5.41 Å². The van der Waals surface area contributed by atoms with Crippen LogP contribution in [0.25, 0.3) is 0 Å². The molecule has 1 unspecified atom stereocenters. The van der Waals surface area contributed by atoms with E-state index in [0.717, 1.165) is 0 Å². The molecule has 1 N–H and O–H groups in total. The van der Waals surface area contributed by atoms with E-state index in [0.29, 0.717) is 5.90 Å². The van der Waals surface area contributed by atoms with E-state index in [1.54, 1.807) is 12.4 Å². The largest absolute Gasteiger partial charge is 0.378 e. The van der Waals surface area contributed by atoms with E-state index in [1.807, 2.05) is 0 Å². The Kier molecular flexibility index (Phi) is 2.93. The lowest BCUT2D eigenvalue weighted by atomic mass is 9.86. The Balaban J connectivity index is 2.75. The molecule has 0 radical (unpaired) electrons. The Hall–Kier alpha value is -1.03. The van der Waals surface area contributed by atoms with Crippen molar-refractivity contribution in [2.75, 3.05) is 7.11 Å². The lowest BCUT2D eigenvalue weighted by molar-refractivity contribution is -0.198. The minimum absolute atomic E-state index is 0.0438. The standard InChI is InChI=1S/C9H16N2O2/c1-9(2,3)7-8(13-12-4)11-6-5-10-7/h5-7,10H,1-4H3. The molecular formula is C9H16N2O2. The highest BCUT2D eigenvalue weighted by molar-refractivity contribution is 5.83. The summed E-state index contributed by atoms with van der Waals surface area (Å²) in [6.07, 6.45) is 3.45. The molecule has 0 saturated carbocycles. The quantitative estimate of drug-likeness (QED) is 0.495. The van der Waals surface area contributed by atoms with Crippen molar-refractivity contribution in [1.29, 1.82) is 0 Å². The molecule has 1 atom stereocenters. The van der Waals surface area contributed by atoms with Crippen LogP contribution >= 0.6 is 0 Å². The van der Waals surface area contributed by atoms with Crippen LogP contribution in [0.5, 0.6) is 0 Å². The Morgan fingerprint density at radius 3 is 2.69 bits per heavy atom. The van der Waals surface area contributed by atoms with Gasteiger partial charge in [0.1, 0.15) is 6.04 Å². The number of hydrogen-bond acceptors (Lipinski definition) is 4. The van der Waals surface area contributed by atoms with Crippen LogP contribution in [0.15, 0.2) is 17.4 Å². The summed E-state index contributed by atoms with van der Waals surface area (Å²) < 4.78 is 0. The first kappa shape index (κ1) is 10.1. The van der Waals surface area contributed by atoms with Crippen LogP contribution in [-0.2, 0) is 9.78 Å². The van der Waals surface area contributed by atoms with Crippen LogP contribution < -0.4 is 5.32 Å². The van der Waals surface area contributed by atoms with Crippen molar-refractivity contribution in [3.8, 4) is 0 Å². The molecule has 0 amide bonds. The van der Waals surface area contributed by atoms with Crippen molar-refractivity contribution >= 4 is 5.90 Å². The zero-order valence-corrected chi connectivity index (χ0v) is 8.50. The number of nitrogens with one attached hydrogen (secondary N) is 1. The fourth-order valence-corrected chi connectivity index (χ4v) is 1.17. The monoisotopic (exact) mass is 184 g/mol. The molecule has 0 spiro atoms. The molecule has 1 aliphatic rings. The highest BCUT2D eigenvalue weighted by atomic mass is 17.2. The molecule has 13 heavy (non-hydrogen) atoms. The second kappa shape index (κ2) is 3.79. The van der Waals surface area contributed by atoms with Crippen LogP contribution in [0.4, 0.5) is 0 Å². The third-order valence-electron chi connectivity index (χ3n) is 1.82. The van der Waals surface area contributed by atoms with Gasteiger partial charge in [-0.25, -0.2) is 4.99 Å². The maximum absolute atomic E-state index is 4.96. The Morgan fingerprint density at radius 1 is 1.46 bits per heavy atom. The fourth-order valence-electron chi connectivity index (χ4n) is 1.17. The van der Waals surface area contributed by atoms with Gasteiger partial charge in [-0.3, -0.25) is 0 Å². The van der Waals surface area contributed by atoms with Crippen LogP contribution in [0.2, 0.25) is 0 Å². The number of aliphatic imine (C=N–C) groups is 1. The summed E-state index contributed by atoms with van der Waals surface area (Å²) in [6, 6.07) is 0.0532. The number of hydrogen-bond donors (Lipinski definition) is 1. The molecule has 4 nitrogen and oxygen atoms in total. The van der Waals surface area contributed by atoms with E-state index in [9.17, 15) is 0 Å². The SMILES string of the molecule is COOC1=NC=CNC1C(C)(C)C. The maximum atomic E-state index is 4.96. The molecule has 1 aliphatic heterocycles. The van der Waals surface area contributed by atoms with Crippen molar-refractivity contribution in [2.24, 2.45) is 10.4 Å². The zero-order valence-electron chi connectivity index (χ0n) is 8.50. The molecule has 0 aromatic rings. The van der Waals surface area contributed by atoms with Crippen LogP contribution in [-0.4, -0.2) is 19.0 Å². The first-order chi connectivity index (χ1) is 6.05. The van der Waals surface area contributed by atoms with E-state index in [1.165, 1.54) is 7.11 Å². The van der Waals surface area contributed by atoms with E-state index in [4.69, 9.17) is 4.89 Å². The highest BCUT2D eigenvalue weighted by Gasteiger charge is 2.31. The van der Waals surface area contributed by atoms with Crippen molar-refractivity contribution in [2.45, 2.75) is 26.8 Å². The van der Waals surface area contributed by atoms with E-state index in [2.05, 4.69) is 36.0 Å². The summed E-state index contributed by atoms with van der Waals surface area (Å²) >= 11 is 0. The predicted octanol–water partition coefficient (Wildman–Crippen LogP) is 1.45. The van der Waals surface area contributed by atoms with Gasteiger partial charge in [0.05, 0.1) is 7.11 Å². The smallest absolute Gasteiger partial charge is 0.255 e. The van der Waals surface area contributed by atoms with Crippen LogP contribution in [0.1, 0.15) is 20.8 Å². The first-order valence-corrected chi connectivity index (χ1v) is 4.25. The predicted molar refractivity (Wildman–Crippen MR) is 51.0 cm³/mol. The van der Waals surface area contributed by atoms with Gasteiger partial charge in [-0.15, -0.1) is 0 Å². The summed E-state index contributed by atoms with van der Waals surface area (Å²) in [5.41, 5.74) is 0.0438. The molecule has 0 bridgehead atoms. The Morgan fingerprint density at radius 2 is 2.15 bits per heavy atom. The molecule has 0 aromatic carbocycles. The van der Waals surface area contributed by atoms with Crippen LogP contribution in [0.3, 0.4) is 0 Å². The lowest BCUT2D eigenvalue weighted by Gasteiger charge is -2.31. The zero-order chi connectivity index (χ0) is 9.90. The van der Waals surface area contributed by atoms with Crippen molar-refractivity contribution < 1.29 is 9.78 Å². The van der Waals surface area contributed by atoms with Gasteiger partial charge in [-0.1, -0.05) is 20.8 Å². The molecule has 0 aromatic heterocycles. The summed E-state index contributed by atoms with van der Waals surface area (Å²) in [5.74, 6) is 0.567. The van der Waals surface area contributed by atoms with Gasteiger partial charge in [-0.2, -0.15) is 4.89 Å². The third kappa shape index (κ3) is 2.45. The van der Waals surface area contributed by atoms with E-state index >= 15 is 0 Å². The second-order valence-electron chi connectivity index (χ2n) is 4.00. The first-order valence-electron chi connectivity index (χ1n) is 4.25. The molecule has 4 heteroatoms. The normalized spacial score (nSPS) is 22.2. The average molecular weight is 184 g/mol. The summed E-state index contributed by atoms with van der Waals surface area (Å²) in [7, 11) is 1.47. The second-order valence-corrected chi connectivity index (χ2v) is 4.00. The highest BCUT2D eigenvalue weighted by Crippen LogP contribution is 2.22. The summed E-state index contributed by atoms with van der Waals surface area (Å²) in [5, 5.41) is 3.18. The molecule has 74 valence electrons. The van der Waals surface area contributed by atoms with Crippen molar-refractivity contribution in [3.05, 3.63) is 12.4 Å². The van der Waals surface area contributed by atoms with E-state index in [-0.39, 0.29) is 11.5 Å².